The standard InChI is InChI=1S/C11H11NO2/c1-6-4-5-8-9(7(6)2)11(14)12(3)10(8)13/h4-5H,1-3H3. The molecule has 0 aliphatic carbocycles. The highest BCUT2D eigenvalue weighted by atomic mass is 16.2. The van der Waals surface area contributed by atoms with Gasteiger partial charge in [0.25, 0.3) is 11.8 Å². The maximum atomic E-state index is 11.7. The van der Waals surface area contributed by atoms with Crippen molar-refractivity contribution in [1.82, 2.24) is 4.90 Å². The lowest BCUT2D eigenvalue weighted by Crippen LogP contribution is -2.24. The van der Waals surface area contributed by atoms with Crippen LogP contribution in [0.4, 0.5) is 0 Å². The molecule has 2 amide bonds. The third-order valence-corrected chi connectivity index (χ3v) is 2.79. The van der Waals surface area contributed by atoms with Crippen LogP contribution in [-0.2, 0) is 0 Å². The van der Waals surface area contributed by atoms with E-state index in [0.717, 1.165) is 16.0 Å². The second-order valence-corrected chi connectivity index (χ2v) is 3.60. The van der Waals surface area contributed by atoms with E-state index in [0.29, 0.717) is 11.1 Å². The molecule has 1 aliphatic heterocycles. The van der Waals surface area contributed by atoms with E-state index in [2.05, 4.69) is 0 Å². The molecular weight excluding hydrogens is 178 g/mol. The number of hydrogen-bond acceptors (Lipinski definition) is 2. The Morgan fingerprint density at radius 2 is 1.71 bits per heavy atom. The number of aryl methyl sites for hydroxylation is 1. The highest BCUT2D eigenvalue weighted by molar-refractivity contribution is 6.21. The van der Waals surface area contributed by atoms with Gasteiger partial charge in [-0.15, -0.1) is 0 Å². The van der Waals surface area contributed by atoms with Crippen molar-refractivity contribution in [3.05, 3.63) is 34.4 Å². The van der Waals surface area contributed by atoms with Crippen molar-refractivity contribution < 1.29 is 9.59 Å². The van der Waals surface area contributed by atoms with Gasteiger partial charge >= 0.3 is 0 Å². The molecule has 2 rings (SSSR count). The van der Waals surface area contributed by atoms with E-state index in [1.54, 1.807) is 6.07 Å². The highest BCUT2D eigenvalue weighted by Gasteiger charge is 2.34. The van der Waals surface area contributed by atoms with Crippen molar-refractivity contribution >= 4 is 11.8 Å². The Balaban J connectivity index is 2.76. The van der Waals surface area contributed by atoms with Crippen molar-refractivity contribution in [2.75, 3.05) is 7.05 Å². The van der Waals surface area contributed by atoms with E-state index < -0.39 is 0 Å². The average molecular weight is 189 g/mol. The Kier molecular flexibility index (Phi) is 1.71. The first-order valence-electron chi connectivity index (χ1n) is 4.46. The van der Waals surface area contributed by atoms with Crippen molar-refractivity contribution in [2.45, 2.75) is 13.8 Å². The van der Waals surface area contributed by atoms with E-state index in [-0.39, 0.29) is 11.8 Å². The number of nitrogens with zero attached hydrogens (tertiary/aromatic N) is 1. The van der Waals surface area contributed by atoms with Gasteiger partial charge in [-0.3, -0.25) is 14.5 Å². The monoisotopic (exact) mass is 189 g/mol. The van der Waals surface area contributed by atoms with E-state index in [1.807, 2.05) is 19.9 Å². The molecule has 0 saturated heterocycles. The maximum Gasteiger partial charge on any atom is 0.261 e. The number of imide groups is 1. The minimum atomic E-state index is -0.201. The molecule has 3 nitrogen and oxygen atoms in total. The lowest BCUT2D eigenvalue weighted by Gasteiger charge is -2.04. The summed E-state index contributed by atoms with van der Waals surface area (Å²) in [7, 11) is 1.51. The van der Waals surface area contributed by atoms with Crippen LogP contribution in [0.2, 0.25) is 0 Å². The van der Waals surface area contributed by atoms with Crippen molar-refractivity contribution in [3.63, 3.8) is 0 Å². The molecule has 0 N–H and O–H groups in total. The summed E-state index contributed by atoms with van der Waals surface area (Å²) < 4.78 is 0. The molecular formula is C11H11NO2. The Bertz CT molecular complexity index is 449. The first-order chi connectivity index (χ1) is 6.54. The van der Waals surface area contributed by atoms with Gasteiger partial charge in [-0.1, -0.05) is 6.07 Å². The van der Waals surface area contributed by atoms with Crippen LogP contribution in [0.1, 0.15) is 31.8 Å². The van der Waals surface area contributed by atoms with Crippen LogP contribution in [0, 0.1) is 13.8 Å². The van der Waals surface area contributed by atoms with Gasteiger partial charge in [0.15, 0.2) is 0 Å². The summed E-state index contributed by atoms with van der Waals surface area (Å²) >= 11 is 0. The highest BCUT2D eigenvalue weighted by Crippen LogP contribution is 2.26. The van der Waals surface area contributed by atoms with E-state index >= 15 is 0 Å². The van der Waals surface area contributed by atoms with Gasteiger partial charge < -0.3 is 0 Å². The zero-order valence-electron chi connectivity index (χ0n) is 8.42. The maximum absolute atomic E-state index is 11.7. The van der Waals surface area contributed by atoms with E-state index in [9.17, 15) is 9.59 Å². The van der Waals surface area contributed by atoms with Crippen LogP contribution in [0.15, 0.2) is 12.1 Å². The normalized spacial score (nSPS) is 14.9. The third-order valence-electron chi connectivity index (χ3n) is 2.79. The minimum Gasteiger partial charge on any atom is -0.277 e. The van der Waals surface area contributed by atoms with Gasteiger partial charge in [0.1, 0.15) is 0 Å². The molecule has 72 valence electrons. The molecule has 0 spiro atoms. The SMILES string of the molecule is Cc1ccc2c(c1C)C(=O)N(C)C2=O. The largest absolute Gasteiger partial charge is 0.277 e. The van der Waals surface area contributed by atoms with Crippen LogP contribution in [0.3, 0.4) is 0 Å². The second kappa shape index (κ2) is 2.67. The predicted octanol–water partition coefficient (Wildman–Crippen LogP) is 1.53. The number of rotatable bonds is 0. The van der Waals surface area contributed by atoms with E-state index in [4.69, 9.17) is 0 Å². The van der Waals surface area contributed by atoms with Gasteiger partial charge in [-0.05, 0) is 31.0 Å². The molecule has 3 heteroatoms. The number of amides is 2. The fraction of sp³-hybridized carbons (Fsp3) is 0.273. The van der Waals surface area contributed by atoms with Gasteiger partial charge in [0.2, 0.25) is 0 Å². The van der Waals surface area contributed by atoms with Gasteiger partial charge in [-0.25, -0.2) is 0 Å². The van der Waals surface area contributed by atoms with Crippen molar-refractivity contribution in [2.24, 2.45) is 0 Å². The summed E-state index contributed by atoms with van der Waals surface area (Å²) in [5.74, 6) is -0.390. The summed E-state index contributed by atoms with van der Waals surface area (Å²) in [4.78, 5) is 24.4. The summed E-state index contributed by atoms with van der Waals surface area (Å²) in [5, 5.41) is 0. The summed E-state index contributed by atoms with van der Waals surface area (Å²) in [6, 6.07) is 3.60. The first-order valence-corrected chi connectivity index (χ1v) is 4.46. The van der Waals surface area contributed by atoms with Crippen LogP contribution >= 0.6 is 0 Å². The van der Waals surface area contributed by atoms with Crippen LogP contribution in [0.5, 0.6) is 0 Å². The lowest BCUT2D eigenvalue weighted by molar-refractivity contribution is 0.0693. The zero-order valence-corrected chi connectivity index (χ0v) is 8.42. The molecule has 1 heterocycles. The number of carbonyl (C=O) groups excluding carboxylic acids is 2. The number of benzene rings is 1. The molecule has 0 radical (unpaired) electrons. The molecule has 0 atom stereocenters. The zero-order chi connectivity index (χ0) is 10.5. The molecule has 14 heavy (non-hydrogen) atoms. The molecule has 0 bridgehead atoms. The van der Waals surface area contributed by atoms with Crippen molar-refractivity contribution in [1.29, 1.82) is 0 Å². The quantitative estimate of drug-likeness (QED) is 0.580. The molecule has 0 aromatic heterocycles. The second-order valence-electron chi connectivity index (χ2n) is 3.60. The third kappa shape index (κ3) is 0.923. The van der Waals surface area contributed by atoms with Crippen LogP contribution < -0.4 is 0 Å². The Hall–Kier alpha value is -1.64. The fourth-order valence-electron chi connectivity index (χ4n) is 1.71. The van der Waals surface area contributed by atoms with Gasteiger partial charge in [0, 0.05) is 7.05 Å². The topological polar surface area (TPSA) is 37.4 Å². The molecule has 1 aromatic carbocycles. The Morgan fingerprint density at radius 3 is 2.36 bits per heavy atom. The van der Waals surface area contributed by atoms with Crippen LogP contribution in [-0.4, -0.2) is 23.8 Å². The van der Waals surface area contributed by atoms with Gasteiger partial charge in [-0.2, -0.15) is 0 Å². The number of hydrogen-bond donors (Lipinski definition) is 0. The molecule has 0 saturated carbocycles. The molecule has 0 unspecified atom stereocenters. The smallest absolute Gasteiger partial charge is 0.261 e. The van der Waals surface area contributed by atoms with Gasteiger partial charge in [0.05, 0.1) is 11.1 Å². The Labute approximate surface area is 82.3 Å². The number of carbonyl (C=O) groups is 2. The summed E-state index contributed by atoms with van der Waals surface area (Å²) in [5.41, 5.74) is 3.04. The first kappa shape index (κ1) is 8.94. The fourth-order valence-corrected chi connectivity index (χ4v) is 1.71. The summed E-state index contributed by atoms with van der Waals surface area (Å²) in [6.45, 7) is 3.81. The predicted molar refractivity (Wildman–Crippen MR) is 52.3 cm³/mol. The molecule has 1 aliphatic rings. The average Bonchev–Trinajstić information content (AvgIpc) is 2.38. The minimum absolute atomic E-state index is 0.189. The van der Waals surface area contributed by atoms with Crippen molar-refractivity contribution in [3.8, 4) is 0 Å². The molecule has 0 fully saturated rings. The Morgan fingerprint density at radius 1 is 1.07 bits per heavy atom. The van der Waals surface area contributed by atoms with E-state index in [1.165, 1.54) is 7.05 Å². The molecule has 1 aromatic rings. The van der Waals surface area contributed by atoms with Crippen LogP contribution in [0.25, 0.3) is 0 Å². The number of fused-ring (bicyclic) bond motifs is 1. The lowest BCUT2D eigenvalue weighted by atomic mass is 9.99. The summed E-state index contributed by atoms with van der Waals surface area (Å²) in [6.07, 6.45) is 0.